The largest absolute Gasteiger partial charge is 0.322 e. The number of nitrogens with one attached hydrogen (secondary N) is 1. The van der Waals surface area contributed by atoms with E-state index in [0.717, 1.165) is 29.7 Å². The van der Waals surface area contributed by atoms with Crippen molar-refractivity contribution in [3.8, 4) is 0 Å². The van der Waals surface area contributed by atoms with Gasteiger partial charge in [0.2, 0.25) is 0 Å². The van der Waals surface area contributed by atoms with E-state index < -0.39 is 9.84 Å². The summed E-state index contributed by atoms with van der Waals surface area (Å²) in [5.41, 5.74) is 3.25. The van der Waals surface area contributed by atoms with Gasteiger partial charge in [0, 0.05) is 16.8 Å². The van der Waals surface area contributed by atoms with Gasteiger partial charge < -0.3 is 4.98 Å². The van der Waals surface area contributed by atoms with Crippen molar-refractivity contribution < 1.29 is 8.42 Å². The summed E-state index contributed by atoms with van der Waals surface area (Å²) in [6.45, 7) is 3.43. The standard InChI is InChI=1S/C21H25NO3S/c1-3-26(24,25)18-11-9-17(10-12-18)19(14-16-6-4-5-7-16)20-13-8-15(2)21(23)22-20/h8-14,16H,3-7H2,1-2H3,(H,22,23). The predicted molar refractivity (Wildman–Crippen MR) is 105 cm³/mol. The Morgan fingerprint density at radius 2 is 1.77 bits per heavy atom. The maximum Gasteiger partial charge on any atom is 0.251 e. The molecule has 1 aliphatic rings. The summed E-state index contributed by atoms with van der Waals surface area (Å²) in [7, 11) is -3.22. The third-order valence-electron chi connectivity index (χ3n) is 5.10. The molecule has 0 aliphatic heterocycles. The molecule has 0 spiro atoms. The number of sulfone groups is 1. The second-order valence-electron chi connectivity index (χ2n) is 6.94. The SMILES string of the molecule is CCS(=O)(=O)c1ccc(C(=CC2CCCC2)c2ccc(C)c(=O)[nH]2)cc1. The maximum absolute atomic E-state index is 12.1. The van der Waals surface area contributed by atoms with Gasteiger partial charge in [0.05, 0.1) is 10.6 Å². The van der Waals surface area contributed by atoms with E-state index in [4.69, 9.17) is 0 Å². The first-order valence-electron chi connectivity index (χ1n) is 9.16. The average Bonchev–Trinajstić information content (AvgIpc) is 3.15. The Balaban J connectivity index is 2.05. The Morgan fingerprint density at radius 1 is 1.12 bits per heavy atom. The summed E-state index contributed by atoms with van der Waals surface area (Å²) < 4.78 is 24.1. The monoisotopic (exact) mass is 371 g/mol. The van der Waals surface area contributed by atoms with Gasteiger partial charge in [-0.25, -0.2) is 8.42 Å². The first-order chi connectivity index (χ1) is 12.4. The molecule has 5 heteroatoms. The molecular weight excluding hydrogens is 346 g/mol. The van der Waals surface area contributed by atoms with Crippen molar-refractivity contribution >= 4 is 15.4 Å². The molecule has 1 aromatic carbocycles. The fraction of sp³-hybridized carbons (Fsp3) is 0.381. The topological polar surface area (TPSA) is 67.0 Å². The molecule has 0 radical (unpaired) electrons. The molecule has 1 aromatic heterocycles. The fourth-order valence-corrected chi connectivity index (χ4v) is 4.30. The van der Waals surface area contributed by atoms with Gasteiger partial charge in [-0.1, -0.05) is 44.0 Å². The van der Waals surface area contributed by atoms with Crippen molar-refractivity contribution in [1.82, 2.24) is 4.98 Å². The number of rotatable bonds is 5. The number of aryl methyl sites for hydroxylation is 1. The first kappa shape index (κ1) is 18.6. The molecule has 0 saturated heterocycles. The molecule has 2 aromatic rings. The number of hydrogen-bond donors (Lipinski definition) is 1. The van der Waals surface area contributed by atoms with E-state index in [1.54, 1.807) is 26.0 Å². The van der Waals surface area contributed by atoms with Gasteiger partial charge in [-0.15, -0.1) is 0 Å². The molecule has 1 N–H and O–H groups in total. The van der Waals surface area contributed by atoms with Crippen LogP contribution in [0.25, 0.3) is 5.57 Å². The lowest BCUT2D eigenvalue weighted by Crippen LogP contribution is -2.11. The Hall–Kier alpha value is -2.14. The second-order valence-corrected chi connectivity index (χ2v) is 9.22. The van der Waals surface area contributed by atoms with E-state index in [9.17, 15) is 13.2 Å². The van der Waals surface area contributed by atoms with Gasteiger partial charge in [-0.2, -0.15) is 0 Å². The van der Waals surface area contributed by atoms with Crippen LogP contribution in [-0.2, 0) is 9.84 Å². The van der Waals surface area contributed by atoms with Gasteiger partial charge in [0.25, 0.3) is 5.56 Å². The molecule has 3 rings (SSSR count). The van der Waals surface area contributed by atoms with Crippen molar-refractivity contribution in [3.63, 3.8) is 0 Å². The molecule has 0 bridgehead atoms. The van der Waals surface area contributed by atoms with Crippen molar-refractivity contribution in [2.24, 2.45) is 5.92 Å². The number of pyridine rings is 1. The zero-order valence-corrected chi connectivity index (χ0v) is 16.1. The van der Waals surface area contributed by atoms with Crippen molar-refractivity contribution in [2.75, 3.05) is 5.75 Å². The smallest absolute Gasteiger partial charge is 0.251 e. The number of benzene rings is 1. The zero-order valence-electron chi connectivity index (χ0n) is 15.3. The summed E-state index contributed by atoms with van der Waals surface area (Å²) in [5.74, 6) is 0.580. The van der Waals surface area contributed by atoms with Crippen molar-refractivity contribution in [3.05, 3.63) is 69.6 Å². The van der Waals surface area contributed by atoms with E-state index in [1.807, 2.05) is 24.3 Å². The lowest BCUT2D eigenvalue weighted by atomic mass is 9.96. The van der Waals surface area contributed by atoms with E-state index >= 15 is 0 Å². The summed E-state index contributed by atoms with van der Waals surface area (Å²) in [6.07, 6.45) is 7.00. The second kappa shape index (κ2) is 7.62. The van der Waals surface area contributed by atoms with E-state index in [0.29, 0.717) is 16.4 Å². The Kier molecular flexibility index (Phi) is 5.47. The highest BCUT2D eigenvalue weighted by Gasteiger charge is 2.17. The Bertz CT molecular complexity index is 963. The number of aromatic nitrogens is 1. The molecule has 4 nitrogen and oxygen atoms in total. The summed E-state index contributed by atoms with van der Waals surface area (Å²) in [5, 5.41) is 0. The highest BCUT2D eigenvalue weighted by Crippen LogP contribution is 2.31. The molecule has 0 amide bonds. The minimum atomic E-state index is -3.22. The highest BCUT2D eigenvalue weighted by atomic mass is 32.2. The minimum absolute atomic E-state index is 0.0857. The number of hydrogen-bond acceptors (Lipinski definition) is 3. The molecule has 1 fully saturated rings. The zero-order chi connectivity index (χ0) is 18.7. The predicted octanol–water partition coefficient (Wildman–Crippen LogP) is 4.10. The van der Waals surface area contributed by atoms with Crippen LogP contribution in [0.1, 0.15) is 49.4 Å². The van der Waals surface area contributed by atoms with E-state index in [-0.39, 0.29) is 11.3 Å². The van der Waals surface area contributed by atoms with Gasteiger partial charge in [-0.05, 0) is 49.4 Å². The molecule has 1 saturated carbocycles. The number of allylic oxidation sites excluding steroid dienone is 1. The molecule has 1 aliphatic carbocycles. The van der Waals surface area contributed by atoms with Crippen LogP contribution in [0.2, 0.25) is 0 Å². The van der Waals surface area contributed by atoms with Gasteiger partial charge >= 0.3 is 0 Å². The number of H-pyrrole nitrogens is 1. The lowest BCUT2D eigenvalue weighted by molar-refractivity contribution is 0.597. The van der Waals surface area contributed by atoms with Crippen LogP contribution in [0, 0.1) is 12.8 Å². The minimum Gasteiger partial charge on any atom is -0.322 e. The third-order valence-corrected chi connectivity index (χ3v) is 6.85. The number of aromatic amines is 1. The van der Waals surface area contributed by atoms with Gasteiger partial charge in [0.15, 0.2) is 9.84 Å². The summed E-state index contributed by atoms with van der Waals surface area (Å²) in [4.78, 5) is 15.4. The van der Waals surface area contributed by atoms with Gasteiger partial charge in [-0.3, -0.25) is 4.79 Å². The van der Waals surface area contributed by atoms with Crippen LogP contribution >= 0.6 is 0 Å². The van der Waals surface area contributed by atoms with Crippen LogP contribution in [0.5, 0.6) is 0 Å². The quantitative estimate of drug-likeness (QED) is 0.860. The van der Waals surface area contributed by atoms with Crippen LogP contribution in [0.3, 0.4) is 0 Å². The fourth-order valence-electron chi connectivity index (χ4n) is 3.41. The van der Waals surface area contributed by atoms with Crippen LogP contribution in [-0.4, -0.2) is 19.2 Å². The molecule has 26 heavy (non-hydrogen) atoms. The van der Waals surface area contributed by atoms with Crippen LogP contribution < -0.4 is 5.56 Å². The molecular formula is C21H25NO3S. The van der Waals surface area contributed by atoms with Crippen molar-refractivity contribution in [1.29, 1.82) is 0 Å². The van der Waals surface area contributed by atoms with E-state index in [2.05, 4.69) is 11.1 Å². The van der Waals surface area contributed by atoms with Crippen molar-refractivity contribution in [2.45, 2.75) is 44.4 Å². The summed E-state index contributed by atoms with van der Waals surface area (Å²) >= 11 is 0. The average molecular weight is 372 g/mol. The Labute approximate surface area is 154 Å². The third kappa shape index (κ3) is 3.98. The normalized spacial score (nSPS) is 16.2. The van der Waals surface area contributed by atoms with E-state index in [1.165, 1.54) is 12.8 Å². The Morgan fingerprint density at radius 3 is 2.35 bits per heavy atom. The van der Waals surface area contributed by atoms with Crippen LogP contribution in [0.4, 0.5) is 0 Å². The molecule has 0 unspecified atom stereocenters. The maximum atomic E-state index is 12.1. The lowest BCUT2D eigenvalue weighted by Gasteiger charge is -2.13. The van der Waals surface area contributed by atoms with Gasteiger partial charge in [0.1, 0.15) is 0 Å². The highest BCUT2D eigenvalue weighted by molar-refractivity contribution is 7.91. The van der Waals surface area contributed by atoms with Crippen LogP contribution in [0.15, 0.2) is 52.2 Å². The molecule has 0 atom stereocenters. The first-order valence-corrected chi connectivity index (χ1v) is 10.8. The summed E-state index contributed by atoms with van der Waals surface area (Å²) in [6, 6.07) is 10.7. The molecule has 138 valence electrons. The molecule has 1 heterocycles.